The Morgan fingerprint density at radius 3 is 2.62 bits per heavy atom. The van der Waals surface area contributed by atoms with Gasteiger partial charge in [0.15, 0.2) is 11.5 Å². The number of rotatable bonds is 7. The number of methoxy groups -OCH3 is 3. The fraction of sp³-hybridized carbons (Fsp3) is 0.320. The van der Waals surface area contributed by atoms with E-state index in [2.05, 4.69) is 15.3 Å². The molecule has 0 spiro atoms. The highest BCUT2D eigenvalue weighted by Crippen LogP contribution is 2.42. The number of amides is 2. The van der Waals surface area contributed by atoms with Crippen molar-refractivity contribution in [1.82, 2.24) is 20.2 Å². The number of benzene rings is 2. The quantitative estimate of drug-likeness (QED) is 0.521. The minimum absolute atomic E-state index is 0.313. The van der Waals surface area contributed by atoms with E-state index in [0.717, 1.165) is 22.5 Å². The summed E-state index contributed by atoms with van der Waals surface area (Å²) in [5.74, 6) is 0.571. The van der Waals surface area contributed by atoms with E-state index in [0.29, 0.717) is 30.9 Å². The molecule has 0 saturated carbocycles. The predicted molar refractivity (Wildman–Crippen MR) is 125 cm³/mol. The van der Waals surface area contributed by atoms with Gasteiger partial charge in [-0.3, -0.25) is 0 Å². The van der Waals surface area contributed by atoms with Gasteiger partial charge in [-0.25, -0.2) is 14.6 Å². The third-order valence-corrected chi connectivity index (χ3v) is 5.98. The van der Waals surface area contributed by atoms with Gasteiger partial charge in [-0.2, -0.15) is 0 Å². The van der Waals surface area contributed by atoms with E-state index >= 15 is 0 Å². The minimum atomic E-state index is -0.840. The molecule has 2 atom stereocenters. The molecule has 9 nitrogen and oxygen atoms in total. The largest absolute Gasteiger partial charge is 0.493 e. The summed E-state index contributed by atoms with van der Waals surface area (Å²) in [5, 5.41) is 2.88. The molecule has 0 saturated heterocycles. The number of imidazole rings is 1. The fourth-order valence-corrected chi connectivity index (χ4v) is 4.36. The van der Waals surface area contributed by atoms with Crippen molar-refractivity contribution < 1.29 is 23.8 Å². The number of nitrogens with one attached hydrogen (secondary N) is 2. The lowest BCUT2D eigenvalue weighted by Gasteiger charge is -2.36. The normalized spacial score (nSPS) is 15.7. The number of nitrogens with zero attached hydrogens (tertiary/aromatic N) is 2. The maximum atomic E-state index is 13.6. The monoisotopic (exact) mass is 464 g/mol. The molecular formula is C25H28N4O5. The molecule has 0 bridgehead atoms. The highest BCUT2D eigenvalue weighted by Gasteiger charge is 2.37. The van der Waals surface area contributed by atoms with Crippen molar-refractivity contribution in [3.8, 4) is 11.5 Å². The number of fused-ring (bicyclic) bond motifs is 1. The number of aromatic nitrogens is 2. The molecule has 34 heavy (non-hydrogen) atoms. The van der Waals surface area contributed by atoms with Crippen molar-refractivity contribution in [2.24, 2.45) is 0 Å². The number of para-hydroxylation sites is 1. The minimum Gasteiger partial charge on any atom is -0.493 e. The topological polar surface area (TPSA) is 106 Å². The van der Waals surface area contributed by atoms with E-state index in [4.69, 9.17) is 14.2 Å². The molecular weight excluding hydrogens is 436 g/mol. The van der Waals surface area contributed by atoms with Crippen LogP contribution < -0.4 is 14.8 Å². The first-order valence-electron chi connectivity index (χ1n) is 11.0. The Morgan fingerprint density at radius 2 is 1.91 bits per heavy atom. The molecule has 1 aliphatic heterocycles. The van der Waals surface area contributed by atoms with Crippen LogP contribution in [0, 0.1) is 0 Å². The fourth-order valence-electron chi connectivity index (χ4n) is 4.36. The van der Waals surface area contributed by atoms with Crippen molar-refractivity contribution in [1.29, 1.82) is 0 Å². The Balaban J connectivity index is 1.68. The van der Waals surface area contributed by atoms with Gasteiger partial charge in [0, 0.05) is 30.6 Å². The molecule has 3 aromatic rings. The summed E-state index contributed by atoms with van der Waals surface area (Å²) in [4.78, 5) is 35.5. The second-order valence-electron chi connectivity index (χ2n) is 7.91. The van der Waals surface area contributed by atoms with Crippen LogP contribution in [0.3, 0.4) is 0 Å². The second-order valence-corrected chi connectivity index (χ2v) is 7.91. The van der Waals surface area contributed by atoms with Gasteiger partial charge in [0.25, 0.3) is 0 Å². The first kappa shape index (κ1) is 23.2. The predicted octanol–water partition coefficient (Wildman–Crippen LogP) is 2.87. The smallest absolute Gasteiger partial charge is 0.328 e. The first-order valence-corrected chi connectivity index (χ1v) is 11.0. The lowest BCUT2D eigenvalue weighted by Crippen LogP contribution is -2.52. The van der Waals surface area contributed by atoms with Crippen molar-refractivity contribution in [3.05, 3.63) is 77.4 Å². The van der Waals surface area contributed by atoms with Crippen molar-refractivity contribution in [2.45, 2.75) is 24.9 Å². The molecule has 2 N–H and O–H groups in total. The Morgan fingerprint density at radius 1 is 1.12 bits per heavy atom. The summed E-state index contributed by atoms with van der Waals surface area (Å²) >= 11 is 0. The average molecular weight is 465 g/mol. The SMILES string of the molecule is COC(=O)[C@@H](Cc1ccccc1)NC(=O)N1CCc2[nH]cnc2[C@@H]1c1cccc(OC)c1OC. The number of hydrogen-bond acceptors (Lipinski definition) is 6. The molecule has 1 aromatic heterocycles. The number of H-pyrrole nitrogens is 1. The van der Waals surface area contributed by atoms with Gasteiger partial charge in [-0.05, 0) is 11.6 Å². The third kappa shape index (κ3) is 4.54. The number of hydrogen-bond donors (Lipinski definition) is 2. The van der Waals surface area contributed by atoms with Gasteiger partial charge in [-0.1, -0.05) is 42.5 Å². The molecule has 2 heterocycles. The van der Waals surface area contributed by atoms with Crippen molar-refractivity contribution in [3.63, 3.8) is 0 Å². The van der Waals surface area contributed by atoms with E-state index in [-0.39, 0.29) is 0 Å². The molecule has 178 valence electrons. The summed E-state index contributed by atoms with van der Waals surface area (Å²) in [6.07, 6.45) is 2.54. The molecule has 2 aromatic carbocycles. The Labute approximate surface area is 198 Å². The molecule has 4 rings (SSSR count). The number of carbonyl (C=O) groups is 2. The summed E-state index contributed by atoms with van der Waals surface area (Å²) in [5.41, 5.74) is 3.33. The second kappa shape index (κ2) is 10.3. The van der Waals surface area contributed by atoms with Crippen LogP contribution in [0.2, 0.25) is 0 Å². The molecule has 9 heteroatoms. The average Bonchev–Trinajstić information content (AvgIpc) is 3.36. The lowest BCUT2D eigenvalue weighted by atomic mass is 9.94. The molecule has 0 fully saturated rings. The maximum Gasteiger partial charge on any atom is 0.328 e. The van der Waals surface area contributed by atoms with Gasteiger partial charge in [-0.15, -0.1) is 0 Å². The number of esters is 1. The van der Waals surface area contributed by atoms with Crippen LogP contribution >= 0.6 is 0 Å². The third-order valence-electron chi connectivity index (χ3n) is 5.98. The van der Waals surface area contributed by atoms with Crippen LogP contribution in [0.25, 0.3) is 0 Å². The van der Waals surface area contributed by atoms with E-state index in [9.17, 15) is 9.59 Å². The summed E-state index contributed by atoms with van der Waals surface area (Å²) in [6, 6.07) is 13.3. The zero-order valence-electron chi connectivity index (χ0n) is 19.4. The van der Waals surface area contributed by atoms with Crippen LogP contribution in [0.5, 0.6) is 11.5 Å². The maximum absolute atomic E-state index is 13.6. The van der Waals surface area contributed by atoms with E-state index in [1.54, 1.807) is 31.5 Å². The number of carbonyl (C=O) groups excluding carboxylic acids is 2. The van der Waals surface area contributed by atoms with Crippen LogP contribution in [0.1, 0.15) is 28.6 Å². The van der Waals surface area contributed by atoms with Crippen LogP contribution in [0.4, 0.5) is 4.79 Å². The van der Waals surface area contributed by atoms with Crippen molar-refractivity contribution >= 4 is 12.0 Å². The van der Waals surface area contributed by atoms with Gasteiger partial charge in [0.05, 0.1) is 33.4 Å². The molecule has 0 aliphatic carbocycles. The van der Waals surface area contributed by atoms with Gasteiger partial charge in [0.1, 0.15) is 12.1 Å². The zero-order chi connectivity index (χ0) is 24.1. The van der Waals surface area contributed by atoms with E-state index in [1.165, 1.54) is 7.11 Å². The summed E-state index contributed by atoms with van der Waals surface area (Å²) in [6.45, 7) is 0.422. The zero-order valence-corrected chi connectivity index (χ0v) is 19.4. The lowest BCUT2D eigenvalue weighted by molar-refractivity contribution is -0.142. The molecule has 1 aliphatic rings. The highest BCUT2D eigenvalue weighted by molar-refractivity contribution is 5.84. The van der Waals surface area contributed by atoms with Gasteiger partial charge < -0.3 is 29.4 Å². The Hall–Kier alpha value is -4.01. The van der Waals surface area contributed by atoms with E-state index < -0.39 is 24.1 Å². The first-order chi connectivity index (χ1) is 16.6. The summed E-state index contributed by atoms with van der Waals surface area (Å²) in [7, 11) is 4.44. The van der Waals surface area contributed by atoms with Gasteiger partial charge in [0.2, 0.25) is 0 Å². The standard InChI is InChI=1S/C25H28N4O5/c1-32-20-11-7-10-17(23(20)33-2)22-21-18(26-15-27-21)12-13-29(22)25(31)28-19(24(30)34-3)14-16-8-5-4-6-9-16/h4-11,15,19,22H,12-14H2,1-3H3,(H,26,27)(H,28,31)/t19-,22+/m1/s1. The number of urea groups is 1. The van der Waals surface area contributed by atoms with Crippen LogP contribution in [0.15, 0.2) is 54.9 Å². The van der Waals surface area contributed by atoms with Gasteiger partial charge >= 0.3 is 12.0 Å². The number of aromatic amines is 1. The summed E-state index contributed by atoms with van der Waals surface area (Å²) < 4.78 is 16.1. The Kier molecular flexibility index (Phi) is 7.01. The molecule has 0 radical (unpaired) electrons. The van der Waals surface area contributed by atoms with Crippen LogP contribution in [-0.2, 0) is 22.4 Å². The van der Waals surface area contributed by atoms with Crippen molar-refractivity contribution in [2.75, 3.05) is 27.9 Å². The highest BCUT2D eigenvalue weighted by atomic mass is 16.5. The number of ether oxygens (including phenoxy) is 3. The van der Waals surface area contributed by atoms with Crippen LogP contribution in [-0.4, -0.2) is 60.8 Å². The van der Waals surface area contributed by atoms with E-state index in [1.807, 2.05) is 42.5 Å². The molecule has 2 amide bonds. The molecule has 0 unspecified atom stereocenters. The Bertz CT molecular complexity index is 1150.